The van der Waals surface area contributed by atoms with E-state index in [4.69, 9.17) is 107 Å². The Bertz CT molecular complexity index is 7140. The van der Waals surface area contributed by atoms with Crippen molar-refractivity contribution in [2.45, 2.75) is 150 Å². The van der Waals surface area contributed by atoms with Crippen molar-refractivity contribution >= 4 is 178 Å². The highest BCUT2D eigenvalue weighted by Gasteiger charge is 2.49. The summed E-state index contributed by atoms with van der Waals surface area (Å²) in [7, 11) is 1.59. The van der Waals surface area contributed by atoms with Crippen molar-refractivity contribution in [3.63, 3.8) is 0 Å². The standard InChI is InChI=1S/C33H33Cl2N7O3.C33H34Cl2N6O2.C32H31Cl2N7O3/c1-7-25(43)40-15-24-32(44)39(6)30-29(41(24)14-18(40)5)21-13-23(35)27(20-12-19(36)8-9-22(20)34)38-31(21)42(33(30)45)28-17(4)10-11-37-26(28)16(2)3;1-6-27(42)39-16-21-8-9-22-31(40(21)15-19(39)5)24-14-26(35)29(23-13-20(36)7-10-25(23)34)38-32(24)41(33(22)43)30-18(4)11-12-37-28(30)17(2)3;1-6-24(42)39-14-23-31(43)38-27-29(40(23)13-17(39)5)20-12-22(34)26(19-11-18(35)7-8-21(19)33)37-30(20)41(32(27)44)28-16(4)9-10-36-25(28)15(2)3/h7-13,16,18,24H,1,14-15,36H2,2-6H3;6-7,10-14,17,19,21H,1,8-9,15-16,36H2,2-5H3;6-12,15,17,23H,1,13-14,35H2,2-5H3,(H,38,43). The van der Waals surface area contributed by atoms with Crippen LogP contribution < -0.4 is 58.8 Å². The SMILES string of the molecule is C=CC(=O)N1CC2C(=O)N(C)c3c(c4cc(Cl)c(-c5cc(N)ccc5Cl)nc4n(-c4c(C)ccnc4C(C)C)c3=O)N2CC1C.C=CC(=O)N1CC2C(=O)Nc3c(c4cc(Cl)c(-c5cc(N)ccc5Cl)nc4n(-c4c(C)ccnc4C(C)C)c3=O)N2CC1C.C=CC(=O)N1CC2CCc3c(c4cc(Cl)c(-c5cc(N)ccc5Cl)nc4n(-c4c(C)ccnc4C(C)C)c3=O)N2CC1C. The van der Waals surface area contributed by atoms with Gasteiger partial charge in [-0.2, -0.15) is 0 Å². The number of nitrogens with one attached hydrogen (secondary N) is 1. The number of rotatable bonds is 12. The fourth-order valence-electron chi connectivity index (χ4n) is 19.2. The summed E-state index contributed by atoms with van der Waals surface area (Å²) in [5.41, 5.74) is 32.2. The molecular formula is C98H98Cl6N20O8. The number of carbonyl (C=O) groups is 5. The Kier molecular flexibility index (Phi) is 25.3. The lowest BCUT2D eigenvalue weighted by molar-refractivity contribution is -0.132. The van der Waals surface area contributed by atoms with Gasteiger partial charge in [0.1, 0.15) is 40.4 Å². The van der Waals surface area contributed by atoms with Crippen molar-refractivity contribution in [2.75, 3.05) is 88.4 Å². The summed E-state index contributed by atoms with van der Waals surface area (Å²) >= 11 is 40.8. The van der Waals surface area contributed by atoms with Gasteiger partial charge < -0.3 is 56.8 Å². The molecule has 132 heavy (non-hydrogen) atoms. The summed E-state index contributed by atoms with van der Waals surface area (Å²) in [4.78, 5) is 151. The van der Waals surface area contributed by atoms with Gasteiger partial charge in [0.15, 0.2) is 0 Å². The number of fused-ring (bicyclic) bond motifs is 15. The van der Waals surface area contributed by atoms with Crippen LogP contribution in [0.5, 0.6) is 0 Å². The molecule has 3 aromatic carbocycles. The van der Waals surface area contributed by atoms with Crippen LogP contribution in [0.25, 0.3) is 83.9 Å². The predicted octanol–water partition coefficient (Wildman–Crippen LogP) is 17.0. The number of hydrogen-bond acceptors (Lipinski definition) is 20. The zero-order valence-corrected chi connectivity index (χ0v) is 79.6. The van der Waals surface area contributed by atoms with Gasteiger partial charge in [-0.05, 0) is 198 Å². The lowest BCUT2D eigenvalue weighted by atomic mass is 9.91. The van der Waals surface area contributed by atoms with Crippen LogP contribution in [0.4, 0.5) is 45.5 Å². The summed E-state index contributed by atoms with van der Waals surface area (Å²) in [6.07, 6.45) is 10.4. The maximum Gasteiger partial charge on any atom is 0.283 e. The number of anilines is 8. The van der Waals surface area contributed by atoms with E-state index in [-0.39, 0.29) is 107 Å². The van der Waals surface area contributed by atoms with E-state index in [9.17, 15) is 38.4 Å². The number of pyridine rings is 9. The lowest BCUT2D eigenvalue weighted by Crippen LogP contribution is -2.66. The van der Waals surface area contributed by atoms with E-state index < -0.39 is 23.2 Å². The number of hydrogen-bond donors (Lipinski definition) is 4. The second-order valence-corrected chi connectivity index (χ2v) is 37.6. The first-order valence-corrected chi connectivity index (χ1v) is 45.6. The monoisotopic (exact) mass is 1890 g/mol. The number of aromatic nitrogens is 9. The van der Waals surface area contributed by atoms with Gasteiger partial charge in [0.25, 0.3) is 22.6 Å². The van der Waals surface area contributed by atoms with Crippen LogP contribution in [-0.2, 0) is 30.4 Å². The molecular weight excluding hydrogens is 1800 g/mol. The number of nitrogens with zero attached hydrogens (tertiary/aromatic N) is 16. The van der Waals surface area contributed by atoms with Crippen molar-refractivity contribution in [1.82, 2.24) is 58.3 Å². The Labute approximate surface area is 791 Å². The highest BCUT2D eigenvalue weighted by molar-refractivity contribution is 6.39. The van der Waals surface area contributed by atoms with Crippen LogP contribution in [0.2, 0.25) is 30.1 Å². The first-order valence-electron chi connectivity index (χ1n) is 43.4. The third-order valence-corrected chi connectivity index (χ3v) is 27.4. The van der Waals surface area contributed by atoms with Gasteiger partial charge in [-0.25, -0.2) is 15.0 Å². The van der Waals surface area contributed by atoms with E-state index in [0.717, 1.165) is 45.6 Å². The van der Waals surface area contributed by atoms with E-state index in [1.807, 2.05) is 108 Å². The average Bonchev–Trinajstić information content (AvgIpc) is 0.716. The number of nitrogens with two attached hydrogens (primary N) is 3. The molecule has 18 rings (SSSR count). The molecule has 28 nitrogen and oxygen atoms in total. The second kappa shape index (κ2) is 36.1. The molecule has 6 aliphatic heterocycles. The van der Waals surface area contributed by atoms with Crippen molar-refractivity contribution in [2.24, 2.45) is 0 Å². The Morgan fingerprint density at radius 1 is 0.432 bits per heavy atom. The van der Waals surface area contributed by atoms with E-state index in [2.05, 4.69) is 53.8 Å². The number of aryl methyl sites for hydroxylation is 3. The van der Waals surface area contributed by atoms with Gasteiger partial charge in [-0.3, -0.25) is 67.0 Å². The van der Waals surface area contributed by atoms with E-state index in [1.165, 1.54) is 32.3 Å². The van der Waals surface area contributed by atoms with E-state index in [1.54, 1.807) is 107 Å². The molecule has 6 unspecified atom stereocenters. The van der Waals surface area contributed by atoms with Crippen molar-refractivity contribution in [3.05, 3.63) is 248 Å². The number of carbonyl (C=O) groups excluding carboxylic acids is 5. The first kappa shape index (κ1) is 92.6. The Hall–Kier alpha value is -12.7. The minimum atomic E-state index is -0.741. The number of likely N-dealkylation sites (N-methyl/N-ethyl adjacent to an activating group) is 1. The molecule has 3 saturated heterocycles. The van der Waals surface area contributed by atoms with Crippen LogP contribution in [0.15, 0.2) is 162 Å². The number of amides is 5. The van der Waals surface area contributed by atoms with Gasteiger partial charge in [-0.1, -0.05) is 131 Å². The van der Waals surface area contributed by atoms with Gasteiger partial charge in [-0.15, -0.1) is 0 Å². The van der Waals surface area contributed by atoms with Crippen LogP contribution in [0, 0.1) is 20.8 Å². The molecule has 6 aliphatic rings. The molecule has 0 bridgehead atoms. The normalized spacial score (nSPS) is 18.0. The molecule has 0 spiro atoms. The molecule has 34 heteroatoms. The van der Waals surface area contributed by atoms with Crippen LogP contribution >= 0.6 is 69.6 Å². The number of halogens is 6. The first-order chi connectivity index (χ1) is 62.8. The average molecular weight is 1900 g/mol. The molecule has 15 heterocycles. The zero-order valence-electron chi connectivity index (χ0n) is 75.0. The summed E-state index contributed by atoms with van der Waals surface area (Å²) in [5.74, 6) is -1.30. The lowest BCUT2D eigenvalue weighted by Gasteiger charge is -2.49. The molecule has 5 amide bonds. The molecule has 0 aliphatic carbocycles. The maximum absolute atomic E-state index is 14.9. The van der Waals surface area contributed by atoms with Gasteiger partial charge in [0, 0.05) is 131 Å². The van der Waals surface area contributed by atoms with Crippen LogP contribution in [0.1, 0.15) is 126 Å². The molecule has 9 aromatic heterocycles. The third-order valence-electron chi connectivity index (χ3n) is 25.6. The molecule has 6 atom stereocenters. The quantitative estimate of drug-likeness (QED) is 0.0652. The van der Waals surface area contributed by atoms with Gasteiger partial charge >= 0.3 is 0 Å². The number of nitrogen functional groups attached to an aromatic ring is 3. The highest BCUT2D eigenvalue weighted by Crippen LogP contribution is 2.49. The molecule has 0 saturated carbocycles. The topological polar surface area (TPSA) is 341 Å². The minimum Gasteiger partial charge on any atom is -0.399 e. The molecule has 12 aromatic rings. The van der Waals surface area contributed by atoms with Gasteiger partial charge in [0.2, 0.25) is 23.6 Å². The Balaban J connectivity index is 0.000000144. The van der Waals surface area contributed by atoms with E-state index >= 15 is 0 Å². The number of piperazine rings is 3. The fourth-order valence-corrected chi connectivity index (χ4v) is 20.6. The summed E-state index contributed by atoms with van der Waals surface area (Å²) in [6.45, 7) is 36.7. The minimum absolute atomic E-state index is 0.0340. The van der Waals surface area contributed by atoms with Gasteiger partial charge in [0.05, 0.1) is 112 Å². The maximum atomic E-state index is 14.9. The third kappa shape index (κ3) is 16.0. The Morgan fingerprint density at radius 3 is 1.19 bits per heavy atom. The smallest absolute Gasteiger partial charge is 0.283 e. The van der Waals surface area contributed by atoms with Crippen molar-refractivity contribution in [1.29, 1.82) is 0 Å². The molecule has 7 N–H and O–H groups in total. The zero-order chi connectivity index (χ0) is 94.8. The second-order valence-electron chi connectivity index (χ2n) is 35.2. The Morgan fingerprint density at radius 2 is 0.788 bits per heavy atom. The number of benzene rings is 3. The summed E-state index contributed by atoms with van der Waals surface area (Å²) in [6, 6.07) is 24.2. The highest BCUT2D eigenvalue weighted by atomic mass is 35.5. The summed E-state index contributed by atoms with van der Waals surface area (Å²) < 4.78 is 4.76. The molecule has 0 radical (unpaired) electrons. The van der Waals surface area contributed by atoms with Crippen LogP contribution in [0.3, 0.4) is 0 Å². The molecule has 3 fully saturated rings. The fraction of sp³-hybridized carbons (Fsp3) is 0.306. The predicted molar refractivity (Wildman–Crippen MR) is 529 cm³/mol. The van der Waals surface area contributed by atoms with Crippen molar-refractivity contribution in [3.8, 4) is 50.8 Å². The van der Waals surface area contributed by atoms with E-state index in [0.29, 0.717) is 176 Å². The molecule has 680 valence electrons. The summed E-state index contributed by atoms with van der Waals surface area (Å²) in [5, 5.41) is 6.96. The van der Waals surface area contributed by atoms with Crippen LogP contribution in [-0.4, -0.2) is 170 Å². The largest absolute Gasteiger partial charge is 0.399 e. The van der Waals surface area contributed by atoms with Crippen molar-refractivity contribution < 1.29 is 24.0 Å².